The number of aliphatic hydroxyl groups is 1. The molecule has 2 rings (SSSR count). The summed E-state index contributed by atoms with van der Waals surface area (Å²) in [4.78, 5) is 0. The number of benzene rings is 1. The Labute approximate surface area is 111 Å². The summed E-state index contributed by atoms with van der Waals surface area (Å²) in [6, 6.07) is 3.44. The fourth-order valence-corrected chi connectivity index (χ4v) is 4.44. The summed E-state index contributed by atoms with van der Waals surface area (Å²) in [7, 11) is -3.45. The fourth-order valence-electron chi connectivity index (χ4n) is 2.85. The smallest absolute Gasteiger partial charge is 0.153 e. The van der Waals surface area contributed by atoms with Crippen LogP contribution in [0.25, 0.3) is 0 Å². The summed E-state index contributed by atoms with van der Waals surface area (Å²) in [5.41, 5.74) is -1.84. The quantitative estimate of drug-likeness (QED) is 0.924. The molecule has 0 amide bonds. The Morgan fingerprint density at radius 3 is 2.47 bits per heavy atom. The molecule has 2 unspecified atom stereocenters. The van der Waals surface area contributed by atoms with Crippen LogP contribution in [0.5, 0.6) is 0 Å². The number of hydrogen-bond acceptors (Lipinski definition) is 3. The molecule has 1 saturated carbocycles. The first kappa shape index (κ1) is 14.4. The lowest BCUT2D eigenvalue weighted by molar-refractivity contribution is 0.0494. The van der Waals surface area contributed by atoms with Crippen LogP contribution in [-0.4, -0.2) is 30.6 Å². The van der Waals surface area contributed by atoms with Crippen molar-refractivity contribution >= 4 is 9.84 Å². The van der Waals surface area contributed by atoms with E-state index in [0.717, 1.165) is 18.4 Å². The van der Waals surface area contributed by atoms with Gasteiger partial charge in [0.1, 0.15) is 11.6 Å². The molecule has 6 heteroatoms. The second-order valence-corrected chi connectivity index (χ2v) is 7.42. The number of halogens is 2. The predicted molar refractivity (Wildman–Crippen MR) is 67.5 cm³/mol. The van der Waals surface area contributed by atoms with Gasteiger partial charge in [0.15, 0.2) is 9.84 Å². The SMILES string of the molecule is CS(=O)(=O)C1CCCC1(O)Cc1c(F)cccc1F. The molecular weight excluding hydrogens is 274 g/mol. The van der Waals surface area contributed by atoms with Gasteiger partial charge in [-0.2, -0.15) is 0 Å². The lowest BCUT2D eigenvalue weighted by atomic mass is 9.92. The van der Waals surface area contributed by atoms with E-state index >= 15 is 0 Å². The molecule has 19 heavy (non-hydrogen) atoms. The van der Waals surface area contributed by atoms with Crippen molar-refractivity contribution in [2.45, 2.75) is 36.5 Å². The van der Waals surface area contributed by atoms with Gasteiger partial charge in [0.25, 0.3) is 0 Å². The van der Waals surface area contributed by atoms with Crippen LogP contribution in [0.3, 0.4) is 0 Å². The summed E-state index contributed by atoms with van der Waals surface area (Å²) in [5.74, 6) is -1.51. The normalized spacial score (nSPS) is 27.7. The molecule has 1 aromatic rings. The maximum atomic E-state index is 13.6. The molecule has 1 aromatic carbocycles. The van der Waals surface area contributed by atoms with Gasteiger partial charge in [0.2, 0.25) is 0 Å². The van der Waals surface area contributed by atoms with Crippen LogP contribution >= 0.6 is 0 Å². The zero-order valence-corrected chi connectivity index (χ0v) is 11.4. The van der Waals surface area contributed by atoms with Crippen LogP contribution in [0.15, 0.2) is 18.2 Å². The predicted octanol–water partition coefficient (Wildman–Crippen LogP) is 1.84. The fraction of sp³-hybridized carbons (Fsp3) is 0.538. The van der Waals surface area contributed by atoms with Crippen molar-refractivity contribution in [3.8, 4) is 0 Å². The zero-order chi connectivity index (χ0) is 14.3. The average Bonchev–Trinajstić information content (AvgIpc) is 2.66. The van der Waals surface area contributed by atoms with Crippen LogP contribution in [0, 0.1) is 11.6 Å². The van der Waals surface area contributed by atoms with Crippen LogP contribution in [-0.2, 0) is 16.3 Å². The van der Waals surface area contributed by atoms with Crippen molar-refractivity contribution in [1.29, 1.82) is 0 Å². The third-order valence-electron chi connectivity index (χ3n) is 3.74. The molecule has 0 saturated heterocycles. The van der Waals surface area contributed by atoms with E-state index in [9.17, 15) is 22.3 Å². The van der Waals surface area contributed by atoms with Gasteiger partial charge in [-0.3, -0.25) is 0 Å². The Morgan fingerprint density at radius 1 is 1.37 bits per heavy atom. The highest BCUT2D eigenvalue weighted by Crippen LogP contribution is 2.38. The third kappa shape index (κ3) is 2.79. The van der Waals surface area contributed by atoms with E-state index in [1.54, 1.807) is 0 Å². The van der Waals surface area contributed by atoms with Gasteiger partial charge >= 0.3 is 0 Å². The minimum absolute atomic E-state index is 0.235. The van der Waals surface area contributed by atoms with E-state index in [4.69, 9.17) is 0 Å². The molecule has 106 valence electrons. The second kappa shape index (κ2) is 4.83. The van der Waals surface area contributed by atoms with Crippen LogP contribution in [0.4, 0.5) is 8.78 Å². The van der Waals surface area contributed by atoms with Crippen molar-refractivity contribution < 1.29 is 22.3 Å². The van der Waals surface area contributed by atoms with Crippen LogP contribution in [0.1, 0.15) is 24.8 Å². The Bertz CT molecular complexity index is 565. The molecule has 0 heterocycles. The molecular formula is C13H16F2O3S. The van der Waals surface area contributed by atoms with Crippen molar-refractivity contribution in [3.05, 3.63) is 35.4 Å². The minimum atomic E-state index is -3.45. The topological polar surface area (TPSA) is 54.4 Å². The Balaban J connectivity index is 2.36. The average molecular weight is 290 g/mol. The Morgan fingerprint density at radius 2 is 1.95 bits per heavy atom. The van der Waals surface area contributed by atoms with E-state index in [1.165, 1.54) is 6.07 Å². The molecule has 1 aliphatic carbocycles. The molecule has 1 aliphatic rings. The van der Waals surface area contributed by atoms with E-state index < -0.39 is 32.3 Å². The highest BCUT2D eigenvalue weighted by Gasteiger charge is 2.47. The molecule has 2 atom stereocenters. The zero-order valence-electron chi connectivity index (χ0n) is 10.6. The lowest BCUT2D eigenvalue weighted by Crippen LogP contribution is -2.44. The van der Waals surface area contributed by atoms with E-state index in [0.29, 0.717) is 12.8 Å². The first-order chi connectivity index (χ1) is 8.74. The van der Waals surface area contributed by atoms with Gasteiger partial charge in [0.05, 0.1) is 10.9 Å². The van der Waals surface area contributed by atoms with Gasteiger partial charge in [-0.05, 0) is 31.4 Å². The van der Waals surface area contributed by atoms with E-state index in [2.05, 4.69) is 0 Å². The summed E-state index contributed by atoms with van der Waals surface area (Å²) in [6.45, 7) is 0. The number of rotatable bonds is 3. The summed E-state index contributed by atoms with van der Waals surface area (Å²) in [5, 5.41) is 9.52. The lowest BCUT2D eigenvalue weighted by Gasteiger charge is -2.29. The number of sulfone groups is 1. The highest BCUT2D eigenvalue weighted by molar-refractivity contribution is 7.91. The molecule has 1 N–H and O–H groups in total. The molecule has 0 aromatic heterocycles. The number of hydrogen-bond donors (Lipinski definition) is 1. The van der Waals surface area contributed by atoms with Crippen LogP contribution < -0.4 is 0 Å². The largest absolute Gasteiger partial charge is 0.388 e. The van der Waals surface area contributed by atoms with Gasteiger partial charge in [-0.1, -0.05) is 6.07 Å². The summed E-state index contributed by atoms with van der Waals surface area (Å²) >= 11 is 0. The molecule has 0 aliphatic heterocycles. The van der Waals surface area contributed by atoms with Crippen molar-refractivity contribution in [3.63, 3.8) is 0 Å². The highest BCUT2D eigenvalue weighted by atomic mass is 32.2. The van der Waals surface area contributed by atoms with Gasteiger partial charge in [-0.25, -0.2) is 17.2 Å². The monoisotopic (exact) mass is 290 g/mol. The van der Waals surface area contributed by atoms with Crippen molar-refractivity contribution in [2.24, 2.45) is 0 Å². The summed E-state index contributed by atoms with van der Waals surface area (Å²) in [6.07, 6.45) is 1.82. The molecule has 3 nitrogen and oxygen atoms in total. The maximum absolute atomic E-state index is 13.6. The first-order valence-corrected chi connectivity index (χ1v) is 8.04. The Kier molecular flexibility index (Phi) is 3.66. The maximum Gasteiger partial charge on any atom is 0.153 e. The molecule has 0 radical (unpaired) electrons. The van der Waals surface area contributed by atoms with Crippen molar-refractivity contribution in [1.82, 2.24) is 0 Å². The minimum Gasteiger partial charge on any atom is -0.388 e. The standard InChI is InChI=1S/C13H16F2O3S/c1-19(17,18)12-6-3-7-13(12,16)8-9-10(14)4-2-5-11(9)15/h2,4-5,12,16H,3,6-8H2,1H3. The summed E-state index contributed by atoms with van der Waals surface area (Å²) < 4.78 is 50.5. The van der Waals surface area contributed by atoms with E-state index in [1.807, 2.05) is 0 Å². The van der Waals surface area contributed by atoms with Gasteiger partial charge < -0.3 is 5.11 Å². The molecule has 0 spiro atoms. The Hall–Kier alpha value is -1.01. The van der Waals surface area contributed by atoms with Gasteiger partial charge in [0, 0.05) is 18.2 Å². The first-order valence-electron chi connectivity index (χ1n) is 6.08. The van der Waals surface area contributed by atoms with Crippen molar-refractivity contribution in [2.75, 3.05) is 6.26 Å². The third-order valence-corrected chi connectivity index (χ3v) is 5.44. The van der Waals surface area contributed by atoms with Gasteiger partial charge in [-0.15, -0.1) is 0 Å². The second-order valence-electron chi connectivity index (χ2n) is 5.19. The molecule has 1 fully saturated rings. The van der Waals surface area contributed by atoms with E-state index in [-0.39, 0.29) is 18.4 Å². The molecule has 0 bridgehead atoms. The van der Waals surface area contributed by atoms with Crippen LogP contribution in [0.2, 0.25) is 0 Å².